The fraction of sp³-hybridized carbons (Fsp3) is 0.611. The number of benzene rings is 1. The first-order chi connectivity index (χ1) is 11.6. The average Bonchev–Trinajstić information content (AvgIpc) is 2.79. The lowest BCUT2D eigenvalue weighted by atomic mass is 10.2. The van der Waals surface area contributed by atoms with E-state index in [1.165, 1.54) is 4.31 Å². The van der Waals surface area contributed by atoms with Crippen LogP contribution in [0.1, 0.15) is 40.5 Å². The molecule has 6 nitrogen and oxygen atoms in total. The molecule has 1 aromatic rings. The lowest BCUT2D eigenvalue weighted by Gasteiger charge is -2.23. The summed E-state index contributed by atoms with van der Waals surface area (Å²) < 4.78 is 32.9. The molecule has 0 aliphatic carbocycles. The zero-order valence-electron chi connectivity index (χ0n) is 15.5. The van der Waals surface area contributed by atoms with Crippen LogP contribution in [0.2, 0.25) is 0 Å². The van der Waals surface area contributed by atoms with Crippen LogP contribution in [-0.2, 0) is 14.8 Å². The van der Waals surface area contributed by atoms with E-state index in [1.54, 1.807) is 29.2 Å². The summed E-state index contributed by atoms with van der Waals surface area (Å²) in [6, 6.07) is 6.53. The molecular weight excluding hydrogens is 340 g/mol. The fourth-order valence-electron chi connectivity index (χ4n) is 2.79. The Morgan fingerprint density at radius 1 is 1.08 bits per heavy atom. The standard InChI is InChI=1S/C18H28N2O4S/c1-5-17(21)19-11-6-12-20(14-13-19)25(22,23)16-9-7-15(8-10-16)24-18(2,3)4/h7-10H,5-6,11-14H2,1-4H3. The summed E-state index contributed by atoms with van der Waals surface area (Å²) in [6.45, 7) is 9.45. The van der Waals surface area contributed by atoms with Gasteiger partial charge in [0.15, 0.2) is 0 Å². The van der Waals surface area contributed by atoms with Crippen LogP contribution in [0.15, 0.2) is 29.2 Å². The van der Waals surface area contributed by atoms with Crippen LogP contribution in [0.4, 0.5) is 0 Å². The molecule has 1 amide bonds. The van der Waals surface area contributed by atoms with E-state index in [4.69, 9.17) is 4.74 Å². The second-order valence-corrected chi connectivity index (χ2v) is 9.12. The molecule has 0 atom stereocenters. The van der Waals surface area contributed by atoms with Crippen molar-refractivity contribution in [3.05, 3.63) is 24.3 Å². The first-order valence-corrected chi connectivity index (χ1v) is 10.1. The Kier molecular flexibility index (Phi) is 6.11. The molecule has 140 valence electrons. The molecule has 0 unspecified atom stereocenters. The van der Waals surface area contributed by atoms with Gasteiger partial charge in [-0.2, -0.15) is 4.31 Å². The predicted octanol–water partition coefficient (Wildman–Crippen LogP) is 2.50. The van der Waals surface area contributed by atoms with Gasteiger partial charge in [-0.05, 0) is 51.5 Å². The lowest BCUT2D eigenvalue weighted by molar-refractivity contribution is -0.130. The molecule has 1 aliphatic heterocycles. The third kappa shape index (κ3) is 5.19. The maximum atomic E-state index is 12.9. The largest absolute Gasteiger partial charge is 0.488 e. The summed E-state index contributed by atoms with van der Waals surface area (Å²) >= 11 is 0. The van der Waals surface area contributed by atoms with Gasteiger partial charge in [0.25, 0.3) is 0 Å². The minimum absolute atomic E-state index is 0.0722. The Labute approximate surface area is 150 Å². The second kappa shape index (κ2) is 7.74. The zero-order valence-corrected chi connectivity index (χ0v) is 16.3. The monoisotopic (exact) mass is 368 g/mol. The fourth-order valence-corrected chi connectivity index (χ4v) is 4.26. The van der Waals surface area contributed by atoms with Gasteiger partial charge in [0.2, 0.25) is 15.9 Å². The van der Waals surface area contributed by atoms with Crippen LogP contribution in [0.5, 0.6) is 5.75 Å². The highest BCUT2D eigenvalue weighted by Gasteiger charge is 2.28. The third-order valence-electron chi connectivity index (χ3n) is 4.00. The molecule has 0 spiro atoms. The van der Waals surface area contributed by atoms with Crippen molar-refractivity contribution in [1.82, 2.24) is 9.21 Å². The van der Waals surface area contributed by atoms with Crippen LogP contribution in [0, 0.1) is 0 Å². The minimum Gasteiger partial charge on any atom is -0.488 e. The van der Waals surface area contributed by atoms with Gasteiger partial charge >= 0.3 is 0 Å². The first-order valence-electron chi connectivity index (χ1n) is 8.70. The van der Waals surface area contributed by atoms with E-state index >= 15 is 0 Å². The van der Waals surface area contributed by atoms with Crippen molar-refractivity contribution in [3.63, 3.8) is 0 Å². The van der Waals surface area contributed by atoms with E-state index in [9.17, 15) is 13.2 Å². The number of nitrogens with zero attached hydrogens (tertiary/aromatic N) is 2. The normalized spacial score (nSPS) is 17.2. The molecule has 0 saturated carbocycles. The number of amides is 1. The molecule has 7 heteroatoms. The molecule has 1 fully saturated rings. The summed E-state index contributed by atoms with van der Waals surface area (Å²) in [5, 5.41) is 0. The quantitative estimate of drug-likeness (QED) is 0.819. The number of hydrogen-bond donors (Lipinski definition) is 0. The smallest absolute Gasteiger partial charge is 0.243 e. The van der Waals surface area contributed by atoms with E-state index in [2.05, 4.69) is 0 Å². The Bertz CT molecular complexity index is 693. The van der Waals surface area contributed by atoms with Gasteiger partial charge in [0.05, 0.1) is 4.90 Å². The van der Waals surface area contributed by atoms with Crippen LogP contribution in [0.25, 0.3) is 0 Å². The van der Waals surface area contributed by atoms with Crippen molar-refractivity contribution in [1.29, 1.82) is 0 Å². The van der Waals surface area contributed by atoms with Crippen molar-refractivity contribution in [2.45, 2.75) is 51.0 Å². The highest BCUT2D eigenvalue weighted by Crippen LogP contribution is 2.23. The number of hydrogen-bond acceptors (Lipinski definition) is 4. The topological polar surface area (TPSA) is 66.9 Å². The number of rotatable bonds is 4. The van der Waals surface area contributed by atoms with Crippen LogP contribution < -0.4 is 4.74 Å². The molecule has 1 aromatic carbocycles. The summed E-state index contributed by atoms with van der Waals surface area (Å²) in [5.41, 5.74) is -0.333. The maximum Gasteiger partial charge on any atom is 0.243 e. The Morgan fingerprint density at radius 2 is 1.72 bits per heavy atom. The third-order valence-corrected chi connectivity index (χ3v) is 5.91. The van der Waals surface area contributed by atoms with E-state index in [0.717, 1.165) is 0 Å². The van der Waals surface area contributed by atoms with Gasteiger partial charge in [-0.3, -0.25) is 4.79 Å². The molecule has 0 aromatic heterocycles. The molecule has 2 rings (SSSR count). The second-order valence-electron chi connectivity index (χ2n) is 7.18. The highest BCUT2D eigenvalue weighted by atomic mass is 32.2. The van der Waals surface area contributed by atoms with Gasteiger partial charge < -0.3 is 9.64 Å². The SMILES string of the molecule is CCC(=O)N1CCCN(S(=O)(=O)c2ccc(OC(C)(C)C)cc2)CC1. The lowest BCUT2D eigenvalue weighted by Crippen LogP contribution is -2.37. The molecule has 1 aliphatic rings. The Morgan fingerprint density at radius 3 is 2.28 bits per heavy atom. The summed E-state index contributed by atoms with van der Waals surface area (Å²) in [5.74, 6) is 0.713. The van der Waals surface area contributed by atoms with Gasteiger partial charge in [-0.15, -0.1) is 0 Å². The van der Waals surface area contributed by atoms with E-state index < -0.39 is 10.0 Å². The molecule has 25 heavy (non-hydrogen) atoms. The van der Waals surface area contributed by atoms with Crippen molar-refractivity contribution in [3.8, 4) is 5.75 Å². The van der Waals surface area contributed by atoms with Gasteiger partial charge in [0, 0.05) is 32.6 Å². The van der Waals surface area contributed by atoms with Crippen LogP contribution in [-0.4, -0.2) is 55.3 Å². The van der Waals surface area contributed by atoms with Crippen LogP contribution in [0.3, 0.4) is 0 Å². The molecular formula is C18H28N2O4S. The highest BCUT2D eigenvalue weighted by molar-refractivity contribution is 7.89. The average molecular weight is 368 g/mol. The Balaban J connectivity index is 2.11. The van der Waals surface area contributed by atoms with Crippen LogP contribution >= 0.6 is 0 Å². The Hall–Kier alpha value is -1.60. The molecule has 1 heterocycles. The van der Waals surface area contributed by atoms with Gasteiger partial charge in [-0.1, -0.05) is 6.92 Å². The maximum absolute atomic E-state index is 12.9. The van der Waals surface area contributed by atoms with Crippen molar-refractivity contribution in [2.24, 2.45) is 0 Å². The zero-order chi connectivity index (χ0) is 18.7. The molecule has 1 saturated heterocycles. The van der Waals surface area contributed by atoms with Crippen molar-refractivity contribution >= 4 is 15.9 Å². The van der Waals surface area contributed by atoms with E-state index in [1.807, 2.05) is 27.7 Å². The summed E-state index contributed by atoms with van der Waals surface area (Å²) in [7, 11) is -3.56. The number of carbonyl (C=O) groups excluding carboxylic acids is 1. The van der Waals surface area contributed by atoms with Crippen molar-refractivity contribution < 1.29 is 17.9 Å². The number of carbonyl (C=O) groups is 1. The minimum atomic E-state index is -3.56. The van der Waals surface area contributed by atoms with E-state index in [-0.39, 0.29) is 16.4 Å². The van der Waals surface area contributed by atoms with E-state index in [0.29, 0.717) is 44.8 Å². The van der Waals surface area contributed by atoms with Crippen molar-refractivity contribution in [2.75, 3.05) is 26.2 Å². The predicted molar refractivity (Wildman–Crippen MR) is 97.1 cm³/mol. The summed E-state index contributed by atoms with van der Waals surface area (Å²) in [4.78, 5) is 13.8. The number of sulfonamides is 1. The van der Waals surface area contributed by atoms with Gasteiger partial charge in [-0.25, -0.2) is 8.42 Å². The number of ether oxygens (including phenoxy) is 1. The summed E-state index contributed by atoms with van der Waals surface area (Å²) in [6.07, 6.45) is 1.10. The van der Waals surface area contributed by atoms with Gasteiger partial charge in [0.1, 0.15) is 11.4 Å². The molecule has 0 bridgehead atoms. The molecule has 0 radical (unpaired) electrons. The first kappa shape index (κ1) is 19.7. The molecule has 0 N–H and O–H groups in total.